The minimum Gasteiger partial charge on any atom is -0.424 e. The van der Waals surface area contributed by atoms with E-state index in [0.29, 0.717) is 11.6 Å². The first-order valence-corrected chi connectivity index (χ1v) is 10.4. The lowest BCUT2D eigenvalue weighted by Crippen LogP contribution is -2.20. The molecule has 0 spiro atoms. The molecule has 0 radical (unpaired) electrons. The van der Waals surface area contributed by atoms with Crippen LogP contribution in [0.5, 0.6) is 11.8 Å². The van der Waals surface area contributed by atoms with Crippen LogP contribution >= 0.6 is 0 Å². The topological polar surface area (TPSA) is 115 Å². The number of hydrogen-bond acceptors (Lipinski definition) is 6. The van der Waals surface area contributed by atoms with Gasteiger partial charge in [-0.3, -0.25) is 0 Å². The van der Waals surface area contributed by atoms with E-state index in [1.807, 2.05) is 18.2 Å². The maximum Gasteiger partial charge on any atom is 0.416 e. The number of halogens is 3. The second kappa shape index (κ2) is 10.1. The molecule has 0 bridgehead atoms. The molecule has 0 atom stereocenters. The number of rotatable bonds is 6. The maximum atomic E-state index is 12.8. The van der Waals surface area contributed by atoms with Crippen molar-refractivity contribution in [3.63, 3.8) is 0 Å². The molecule has 2 aromatic carbocycles. The Morgan fingerprint density at radius 1 is 0.944 bits per heavy atom. The number of carbonyl (C=O) groups excluding carboxylic acids is 1. The monoisotopic (exact) mass is 492 g/mol. The van der Waals surface area contributed by atoms with Crippen LogP contribution < -0.4 is 21.1 Å². The number of hydrogen-bond donors (Lipinski definition) is 3. The second-order valence-corrected chi connectivity index (χ2v) is 7.44. The maximum absolute atomic E-state index is 12.8. The number of nitrogens with one attached hydrogen (secondary N) is 2. The molecule has 0 aliphatic carbocycles. The van der Waals surface area contributed by atoms with Crippen molar-refractivity contribution in [1.82, 2.24) is 15.0 Å². The zero-order valence-corrected chi connectivity index (χ0v) is 18.6. The fraction of sp³-hybridized carbons (Fsp3) is 0.0400. The van der Waals surface area contributed by atoms with Crippen LogP contribution in [-0.2, 0) is 6.18 Å². The first kappa shape index (κ1) is 24.2. The minimum atomic E-state index is -4.51. The van der Waals surface area contributed by atoms with Crippen LogP contribution in [-0.4, -0.2) is 21.0 Å². The number of carbonyl (C=O) groups is 1. The average Bonchev–Trinajstić information content (AvgIpc) is 2.86. The number of nitrogen functional groups attached to an aromatic ring is 1. The number of urea groups is 1. The highest BCUT2D eigenvalue weighted by molar-refractivity contribution is 5.99. The number of nitrogens with zero attached hydrogens (tertiary/aromatic N) is 3. The summed E-state index contributed by atoms with van der Waals surface area (Å²) in [7, 11) is 0. The van der Waals surface area contributed by atoms with Gasteiger partial charge in [0.05, 0.1) is 23.6 Å². The molecular formula is C25H19F3N6O2. The van der Waals surface area contributed by atoms with Gasteiger partial charge >= 0.3 is 18.2 Å². The zero-order valence-electron chi connectivity index (χ0n) is 18.6. The zero-order chi connectivity index (χ0) is 25.7. The van der Waals surface area contributed by atoms with Crippen molar-refractivity contribution in [3.05, 3.63) is 90.9 Å². The van der Waals surface area contributed by atoms with Crippen molar-refractivity contribution >= 4 is 29.3 Å². The Morgan fingerprint density at radius 2 is 1.64 bits per heavy atom. The number of amides is 2. The van der Waals surface area contributed by atoms with E-state index < -0.39 is 17.8 Å². The van der Waals surface area contributed by atoms with Crippen LogP contribution in [0.15, 0.2) is 79.8 Å². The first-order chi connectivity index (χ1) is 17.2. The number of alkyl halides is 3. The predicted octanol–water partition coefficient (Wildman–Crippen LogP) is 6.22. The largest absolute Gasteiger partial charge is 0.424 e. The summed E-state index contributed by atoms with van der Waals surface area (Å²) in [5.41, 5.74) is 7.74. The third kappa shape index (κ3) is 5.95. The summed E-state index contributed by atoms with van der Waals surface area (Å²) in [6.07, 6.45) is 1.40. The molecule has 4 N–H and O–H groups in total. The Bertz CT molecular complexity index is 1390. The van der Waals surface area contributed by atoms with Gasteiger partial charge in [-0.25, -0.2) is 19.7 Å². The molecule has 0 saturated heterocycles. The van der Waals surface area contributed by atoms with Crippen molar-refractivity contribution in [3.8, 4) is 22.9 Å². The van der Waals surface area contributed by atoms with Crippen LogP contribution in [0.3, 0.4) is 0 Å². The molecule has 36 heavy (non-hydrogen) atoms. The number of benzene rings is 2. The van der Waals surface area contributed by atoms with E-state index in [0.717, 1.165) is 28.8 Å². The number of pyridine rings is 1. The molecular weight excluding hydrogens is 473 g/mol. The molecule has 4 aromatic rings. The quantitative estimate of drug-likeness (QED) is 0.294. The van der Waals surface area contributed by atoms with E-state index in [1.165, 1.54) is 24.5 Å². The van der Waals surface area contributed by atoms with Crippen molar-refractivity contribution in [2.24, 2.45) is 0 Å². The number of nitrogens with two attached hydrogens (primary N) is 1. The Hall–Kier alpha value is -4.93. The van der Waals surface area contributed by atoms with Gasteiger partial charge in [0.1, 0.15) is 11.6 Å². The molecule has 2 heterocycles. The van der Waals surface area contributed by atoms with E-state index in [-0.39, 0.29) is 17.4 Å². The predicted molar refractivity (Wildman–Crippen MR) is 130 cm³/mol. The van der Waals surface area contributed by atoms with E-state index in [9.17, 15) is 18.0 Å². The average molecular weight is 492 g/mol. The number of anilines is 3. The molecule has 8 nitrogen and oxygen atoms in total. The van der Waals surface area contributed by atoms with Crippen LogP contribution in [0.2, 0.25) is 0 Å². The van der Waals surface area contributed by atoms with Crippen LogP contribution in [0.25, 0.3) is 17.2 Å². The molecule has 11 heteroatoms. The minimum absolute atomic E-state index is 0.0135. The smallest absolute Gasteiger partial charge is 0.416 e. The summed E-state index contributed by atoms with van der Waals surface area (Å²) in [6.45, 7) is 3.73. The van der Waals surface area contributed by atoms with Gasteiger partial charge in [-0.1, -0.05) is 30.9 Å². The van der Waals surface area contributed by atoms with Gasteiger partial charge in [0.25, 0.3) is 0 Å². The van der Waals surface area contributed by atoms with Gasteiger partial charge in [-0.2, -0.15) is 13.2 Å². The number of ether oxygens (including phenoxy) is 1. The molecule has 0 aliphatic rings. The van der Waals surface area contributed by atoms with Gasteiger partial charge in [0.15, 0.2) is 0 Å². The summed E-state index contributed by atoms with van der Waals surface area (Å²) in [5, 5.41) is 4.77. The molecule has 4 rings (SSSR count). The van der Waals surface area contributed by atoms with Crippen LogP contribution in [0.4, 0.5) is 35.2 Å². The van der Waals surface area contributed by atoms with E-state index >= 15 is 0 Å². The fourth-order valence-electron chi connectivity index (χ4n) is 3.14. The summed E-state index contributed by atoms with van der Waals surface area (Å²) in [6, 6.07) is 12.5. The molecule has 0 saturated carbocycles. The second-order valence-electron chi connectivity index (χ2n) is 7.44. The molecule has 0 unspecified atom stereocenters. The lowest BCUT2D eigenvalue weighted by atomic mass is 10.0. The number of aromatic nitrogens is 3. The Morgan fingerprint density at radius 3 is 2.31 bits per heavy atom. The molecule has 2 aromatic heterocycles. The standard InChI is InChI=1S/C25H19F3N6O2/c1-2-15-10-21(22(29)30-12-15)16-6-8-20(9-7-16)36-24-31-13-19(14-32-24)34-23(35)33-18-5-3-4-17(11-18)25(26,27)28/h2-14H,1H2,(H2,29,30)(H2,33,34,35). The normalized spacial score (nSPS) is 11.0. The molecule has 0 fully saturated rings. The van der Waals surface area contributed by atoms with E-state index in [4.69, 9.17) is 10.5 Å². The van der Waals surface area contributed by atoms with Gasteiger partial charge in [-0.05, 0) is 47.5 Å². The summed E-state index contributed by atoms with van der Waals surface area (Å²) in [5.74, 6) is 0.853. The van der Waals surface area contributed by atoms with Crippen molar-refractivity contribution in [2.75, 3.05) is 16.4 Å². The lowest BCUT2D eigenvalue weighted by molar-refractivity contribution is -0.137. The van der Waals surface area contributed by atoms with Crippen molar-refractivity contribution in [2.45, 2.75) is 6.18 Å². The SMILES string of the molecule is C=Cc1cnc(N)c(-c2ccc(Oc3ncc(NC(=O)Nc4cccc(C(F)(F)F)c4)cn3)cc2)c1. The van der Waals surface area contributed by atoms with E-state index in [2.05, 4.69) is 32.2 Å². The first-order valence-electron chi connectivity index (χ1n) is 10.4. The van der Waals surface area contributed by atoms with E-state index in [1.54, 1.807) is 24.4 Å². The molecule has 182 valence electrons. The van der Waals surface area contributed by atoms with Gasteiger partial charge in [0.2, 0.25) is 0 Å². The Balaban J connectivity index is 1.37. The highest BCUT2D eigenvalue weighted by Crippen LogP contribution is 2.31. The van der Waals surface area contributed by atoms with Crippen molar-refractivity contribution in [1.29, 1.82) is 0 Å². The lowest BCUT2D eigenvalue weighted by Gasteiger charge is -2.11. The third-order valence-corrected chi connectivity index (χ3v) is 4.88. The summed E-state index contributed by atoms with van der Waals surface area (Å²) >= 11 is 0. The summed E-state index contributed by atoms with van der Waals surface area (Å²) < 4.78 is 44.1. The van der Waals surface area contributed by atoms with Gasteiger partial charge in [0, 0.05) is 17.4 Å². The van der Waals surface area contributed by atoms with Gasteiger partial charge < -0.3 is 21.1 Å². The highest BCUT2D eigenvalue weighted by atomic mass is 19.4. The Labute approximate surface area is 203 Å². The molecule has 2 amide bonds. The van der Waals surface area contributed by atoms with Gasteiger partial charge in [-0.15, -0.1) is 0 Å². The van der Waals surface area contributed by atoms with Crippen molar-refractivity contribution < 1.29 is 22.7 Å². The third-order valence-electron chi connectivity index (χ3n) is 4.88. The van der Waals surface area contributed by atoms with Crippen LogP contribution in [0, 0.1) is 0 Å². The highest BCUT2D eigenvalue weighted by Gasteiger charge is 2.30. The fourth-order valence-corrected chi connectivity index (χ4v) is 3.14. The summed E-state index contributed by atoms with van der Waals surface area (Å²) in [4.78, 5) is 24.3. The Kier molecular flexibility index (Phi) is 6.81. The van der Waals surface area contributed by atoms with Crippen LogP contribution in [0.1, 0.15) is 11.1 Å². The molecule has 0 aliphatic heterocycles.